The first-order valence-corrected chi connectivity index (χ1v) is 10.4. The lowest BCUT2D eigenvalue weighted by Crippen LogP contribution is -2.42. The summed E-state index contributed by atoms with van der Waals surface area (Å²) in [5.41, 5.74) is 0.760. The molecule has 0 spiro atoms. The van der Waals surface area contributed by atoms with Gasteiger partial charge in [0.05, 0.1) is 20.3 Å². The number of hydrogen-bond donors (Lipinski definition) is 1. The quantitative estimate of drug-likeness (QED) is 0.748. The number of rotatable bonds is 7. The number of methoxy groups -OCH3 is 2. The van der Waals surface area contributed by atoms with Crippen molar-refractivity contribution in [3.63, 3.8) is 0 Å². The lowest BCUT2D eigenvalue weighted by atomic mass is 10.1. The molecular formula is C22H28N2O4S. The molecule has 3 rings (SSSR count). The number of carbonyl (C=O) groups is 1. The molecule has 1 heterocycles. The molecule has 1 fully saturated rings. The van der Waals surface area contributed by atoms with Gasteiger partial charge in [0.1, 0.15) is 17.2 Å². The molecule has 1 aliphatic rings. The number of aromatic hydroxyl groups is 1. The molecule has 0 aliphatic carbocycles. The fraction of sp³-hybridized carbons (Fsp3) is 0.409. The average Bonchev–Trinajstić information content (AvgIpc) is 3.11. The Kier molecular flexibility index (Phi) is 6.92. The van der Waals surface area contributed by atoms with Crippen molar-refractivity contribution >= 4 is 17.7 Å². The second-order valence-electron chi connectivity index (χ2n) is 7.32. The molecule has 2 aromatic rings. The first kappa shape index (κ1) is 21.3. The number of likely N-dealkylation sites (N-methyl/N-ethyl adjacent to an activating group) is 1. The highest BCUT2D eigenvalue weighted by molar-refractivity contribution is 8.00. The Bertz CT molecular complexity index is 841. The Morgan fingerprint density at radius 3 is 2.41 bits per heavy atom. The van der Waals surface area contributed by atoms with E-state index in [-0.39, 0.29) is 22.9 Å². The van der Waals surface area contributed by atoms with Crippen LogP contribution in [-0.2, 0) is 11.3 Å². The van der Waals surface area contributed by atoms with Crippen LogP contribution in [0.4, 0.5) is 0 Å². The Balaban J connectivity index is 1.77. The summed E-state index contributed by atoms with van der Waals surface area (Å²) in [4.78, 5) is 17.8. The van der Waals surface area contributed by atoms with Crippen molar-refractivity contribution in [3.8, 4) is 17.2 Å². The summed E-state index contributed by atoms with van der Waals surface area (Å²) in [5, 5.41) is 10.6. The third kappa shape index (κ3) is 5.16. The first-order chi connectivity index (χ1) is 13.9. The average molecular weight is 417 g/mol. The number of hydrogen-bond acceptors (Lipinski definition) is 6. The van der Waals surface area contributed by atoms with Crippen LogP contribution in [0.2, 0.25) is 0 Å². The van der Waals surface area contributed by atoms with Gasteiger partial charge in [-0.3, -0.25) is 9.69 Å². The van der Waals surface area contributed by atoms with E-state index in [1.807, 2.05) is 30.3 Å². The summed E-state index contributed by atoms with van der Waals surface area (Å²) in [7, 11) is 6.83. The number of phenolic OH excluding ortho intramolecular Hbond substituents is 1. The van der Waals surface area contributed by atoms with E-state index in [4.69, 9.17) is 9.47 Å². The maximum absolute atomic E-state index is 12.8. The molecule has 6 nitrogen and oxygen atoms in total. The predicted molar refractivity (Wildman–Crippen MR) is 115 cm³/mol. The molecule has 0 bridgehead atoms. The van der Waals surface area contributed by atoms with Gasteiger partial charge in [-0.1, -0.05) is 0 Å². The number of benzene rings is 2. The number of likely N-dealkylation sites (tertiary alicyclic amines) is 1. The van der Waals surface area contributed by atoms with Crippen molar-refractivity contribution in [1.82, 2.24) is 9.80 Å². The van der Waals surface area contributed by atoms with Gasteiger partial charge in [0.2, 0.25) is 5.91 Å². The topological polar surface area (TPSA) is 62.2 Å². The zero-order valence-electron chi connectivity index (χ0n) is 17.3. The van der Waals surface area contributed by atoms with E-state index < -0.39 is 0 Å². The van der Waals surface area contributed by atoms with Gasteiger partial charge < -0.3 is 19.5 Å². The van der Waals surface area contributed by atoms with Gasteiger partial charge >= 0.3 is 0 Å². The fourth-order valence-corrected chi connectivity index (χ4v) is 4.78. The van der Waals surface area contributed by atoms with Crippen molar-refractivity contribution in [1.29, 1.82) is 0 Å². The van der Waals surface area contributed by atoms with Gasteiger partial charge in [0.15, 0.2) is 0 Å². The van der Waals surface area contributed by atoms with Crippen LogP contribution in [-0.4, -0.2) is 67.0 Å². The van der Waals surface area contributed by atoms with Crippen LogP contribution in [0.5, 0.6) is 17.2 Å². The third-order valence-corrected chi connectivity index (χ3v) is 6.33. The molecule has 2 aromatic carbocycles. The third-order valence-electron chi connectivity index (χ3n) is 5.11. The van der Waals surface area contributed by atoms with Crippen LogP contribution in [0, 0.1) is 0 Å². The molecule has 29 heavy (non-hydrogen) atoms. The number of amides is 1. The first-order valence-electron chi connectivity index (χ1n) is 9.53. The van der Waals surface area contributed by atoms with Crippen molar-refractivity contribution < 1.29 is 19.4 Å². The fourth-order valence-electron chi connectivity index (χ4n) is 3.56. The van der Waals surface area contributed by atoms with Crippen LogP contribution in [0.25, 0.3) is 0 Å². The SMILES string of the molecule is COc1ccc(S[C@@H]2C[C@@H](C(=O)N(C)C)N(Cc3cc(OC)ccc3O)C2)cc1. The van der Waals surface area contributed by atoms with E-state index in [1.165, 1.54) is 0 Å². The maximum Gasteiger partial charge on any atom is 0.239 e. The van der Waals surface area contributed by atoms with Gasteiger partial charge in [-0.25, -0.2) is 0 Å². The molecule has 1 aliphatic heterocycles. The van der Waals surface area contributed by atoms with Crippen LogP contribution in [0.15, 0.2) is 47.4 Å². The van der Waals surface area contributed by atoms with E-state index in [2.05, 4.69) is 4.90 Å². The molecule has 2 atom stereocenters. The normalized spacial score (nSPS) is 19.2. The summed E-state index contributed by atoms with van der Waals surface area (Å²) in [6.07, 6.45) is 0.762. The minimum absolute atomic E-state index is 0.0882. The number of nitrogens with zero attached hydrogens (tertiary/aromatic N) is 2. The summed E-state index contributed by atoms with van der Waals surface area (Å²) in [6, 6.07) is 13.0. The highest BCUT2D eigenvalue weighted by Crippen LogP contribution is 2.36. The summed E-state index contributed by atoms with van der Waals surface area (Å²) >= 11 is 1.77. The minimum Gasteiger partial charge on any atom is -0.508 e. The monoisotopic (exact) mass is 416 g/mol. The van der Waals surface area contributed by atoms with Crippen LogP contribution >= 0.6 is 11.8 Å². The van der Waals surface area contributed by atoms with Gasteiger partial charge in [-0.05, 0) is 48.9 Å². The number of carbonyl (C=O) groups excluding carboxylic acids is 1. The molecule has 1 amide bonds. The van der Waals surface area contributed by atoms with Gasteiger partial charge in [-0.15, -0.1) is 11.8 Å². The zero-order chi connectivity index (χ0) is 21.0. The second kappa shape index (κ2) is 9.41. The van der Waals surface area contributed by atoms with Crippen LogP contribution in [0.3, 0.4) is 0 Å². The molecule has 1 N–H and O–H groups in total. The lowest BCUT2D eigenvalue weighted by molar-refractivity contribution is -0.133. The van der Waals surface area contributed by atoms with Crippen LogP contribution in [0.1, 0.15) is 12.0 Å². The largest absolute Gasteiger partial charge is 0.508 e. The van der Waals surface area contributed by atoms with Crippen molar-refractivity contribution in [2.24, 2.45) is 0 Å². The highest BCUT2D eigenvalue weighted by Gasteiger charge is 2.38. The summed E-state index contributed by atoms with van der Waals surface area (Å²) in [6.45, 7) is 1.25. The standard InChI is InChI=1S/C22H28N2O4S/c1-23(2)22(26)20-12-19(29-18-8-5-16(27-3)6-9-18)14-24(20)13-15-11-17(28-4)7-10-21(15)25/h5-11,19-20,25H,12-14H2,1-4H3/t19-,20+/m1/s1. The lowest BCUT2D eigenvalue weighted by Gasteiger charge is -2.26. The van der Waals surface area contributed by atoms with Crippen LogP contribution < -0.4 is 9.47 Å². The second-order valence-corrected chi connectivity index (χ2v) is 8.70. The smallest absolute Gasteiger partial charge is 0.239 e. The van der Waals surface area contributed by atoms with Gasteiger partial charge in [0.25, 0.3) is 0 Å². The van der Waals surface area contributed by atoms with E-state index in [0.29, 0.717) is 12.3 Å². The molecule has 0 radical (unpaired) electrons. The molecule has 1 saturated heterocycles. The van der Waals surface area contributed by atoms with Crippen molar-refractivity contribution in [3.05, 3.63) is 48.0 Å². The van der Waals surface area contributed by atoms with E-state index in [9.17, 15) is 9.90 Å². The predicted octanol–water partition coefficient (Wildman–Crippen LogP) is 3.23. The molecule has 0 saturated carbocycles. The molecular weight excluding hydrogens is 388 g/mol. The minimum atomic E-state index is -0.216. The zero-order valence-corrected chi connectivity index (χ0v) is 18.1. The number of thioether (sulfide) groups is 1. The molecule has 0 unspecified atom stereocenters. The number of phenols is 1. The van der Waals surface area contributed by atoms with Gasteiger partial charge in [0, 0.05) is 42.9 Å². The molecule has 156 valence electrons. The Labute approximate surface area is 176 Å². The maximum atomic E-state index is 12.8. The Morgan fingerprint density at radius 1 is 1.14 bits per heavy atom. The van der Waals surface area contributed by atoms with Crippen molar-refractivity contribution in [2.75, 3.05) is 34.9 Å². The van der Waals surface area contributed by atoms with Gasteiger partial charge in [-0.2, -0.15) is 0 Å². The van der Waals surface area contributed by atoms with E-state index in [0.717, 1.165) is 29.2 Å². The summed E-state index contributed by atoms with van der Waals surface area (Å²) < 4.78 is 10.5. The number of ether oxygens (including phenoxy) is 2. The van der Waals surface area contributed by atoms with E-state index >= 15 is 0 Å². The molecule has 7 heteroatoms. The van der Waals surface area contributed by atoms with E-state index in [1.54, 1.807) is 57.1 Å². The summed E-state index contributed by atoms with van der Waals surface area (Å²) in [5.74, 6) is 1.83. The molecule has 0 aromatic heterocycles. The van der Waals surface area contributed by atoms with Crippen molar-refractivity contribution in [2.45, 2.75) is 29.2 Å². The Morgan fingerprint density at radius 2 is 1.79 bits per heavy atom. The highest BCUT2D eigenvalue weighted by atomic mass is 32.2. The Hall–Kier alpha value is -2.38.